The molecule has 2 rings (SSSR count). The number of halogens is 1. The molecule has 104 valence electrons. The third kappa shape index (κ3) is 3.16. The van der Waals surface area contributed by atoms with Gasteiger partial charge in [0.1, 0.15) is 0 Å². The van der Waals surface area contributed by atoms with Gasteiger partial charge in [-0.15, -0.1) is 0 Å². The van der Waals surface area contributed by atoms with Crippen LogP contribution < -0.4 is 0 Å². The van der Waals surface area contributed by atoms with Crippen LogP contribution in [0.5, 0.6) is 0 Å². The van der Waals surface area contributed by atoms with Crippen molar-refractivity contribution < 1.29 is 18.3 Å². The van der Waals surface area contributed by atoms with E-state index < -0.39 is 16.0 Å². The summed E-state index contributed by atoms with van der Waals surface area (Å²) in [4.78, 5) is 11.0. The van der Waals surface area contributed by atoms with Crippen molar-refractivity contribution in [2.75, 3.05) is 13.6 Å². The topological polar surface area (TPSA) is 74.7 Å². The molecule has 1 aliphatic rings. The number of sulfonamides is 1. The van der Waals surface area contributed by atoms with E-state index in [0.717, 1.165) is 12.8 Å². The van der Waals surface area contributed by atoms with Crippen molar-refractivity contribution in [3.63, 3.8) is 0 Å². The molecule has 0 unspecified atom stereocenters. The van der Waals surface area contributed by atoms with E-state index in [1.54, 1.807) is 0 Å². The van der Waals surface area contributed by atoms with Crippen molar-refractivity contribution in [2.45, 2.75) is 17.7 Å². The summed E-state index contributed by atoms with van der Waals surface area (Å²) >= 11 is 3.10. The number of nitrogens with zero attached hydrogens (tertiary/aromatic N) is 1. The van der Waals surface area contributed by atoms with Gasteiger partial charge in [-0.3, -0.25) is 0 Å². The first-order valence-electron chi connectivity index (χ1n) is 5.81. The van der Waals surface area contributed by atoms with Crippen LogP contribution in [0.3, 0.4) is 0 Å². The Bertz CT molecular complexity index is 610. The number of hydrogen-bond donors (Lipinski definition) is 1. The zero-order valence-corrected chi connectivity index (χ0v) is 12.7. The van der Waals surface area contributed by atoms with Crippen molar-refractivity contribution in [1.29, 1.82) is 0 Å². The maximum atomic E-state index is 12.3. The molecule has 0 aromatic heterocycles. The summed E-state index contributed by atoms with van der Waals surface area (Å²) in [5.41, 5.74) is -0.0547. The second-order valence-corrected chi connectivity index (χ2v) is 7.57. The van der Waals surface area contributed by atoms with Gasteiger partial charge in [0.15, 0.2) is 0 Å². The van der Waals surface area contributed by atoms with E-state index in [9.17, 15) is 13.2 Å². The Balaban J connectivity index is 2.34. The van der Waals surface area contributed by atoms with Crippen LogP contribution in [0, 0.1) is 5.92 Å². The number of carbonyl (C=O) groups is 1. The number of carboxylic acid groups (broad SMARTS) is 1. The Morgan fingerprint density at radius 1 is 1.47 bits per heavy atom. The molecule has 0 spiro atoms. The molecular formula is C12H14BrNO4S. The zero-order chi connectivity index (χ0) is 14.2. The fourth-order valence-corrected chi connectivity index (χ4v) is 3.46. The lowest BCUT2D eigenvalue weighted by atomic mass is 10.2. The minimum atomic E-state index is -3.62. The van der Waals surface area contributed by atoms with E-state index in [4.69, 9.17) is 5.11 Å². The highest BCUT2D eigenvalue weighted by atomic mass is 79.9. The highest BCUT2D eigenvalue weighted by molar-refractivity contribution is 9.10. The molecule has 7 heteroatoms. The largest absolute Gasteiger partial charge is 0.478 e. The predicted molar refractivity (Wildman–Crippen MR) is 73.6 cm³/mol. The lowest BCUT2D eigenvalue weighted by molar-refractivity contribution is 0.0695. The second-order valence-electron chi connectivity index (χ2n) is 4.68. The first-order valence-corrected chi connectivity index (χ1v) is 8.05. The average Bonchev–Trinajstić information content (AvgIpc) is 3.12. The third-order valence-electron chi connectivity index (χ3n) is 3.09. The molecule has 1 saturated carbocycles. The molecule has 0 bridgehead atoms. The lowest BCUT2D eigenvalue weighted by Gasteiger charge is -2.17. The summed E-state index contributed by atoms with van der Waals surface area (Å²) in [6, 6.07) is 4.04. The predicted octanol–water partition coefficient (Wildman–Crippen LogP) is 2.18. The summed E-state index contributed by atoms with van der Waals surface area (Å²) in [5, 5.41) is 9.01. The molecule has 1 aromatic carbocycles. The maximum absolute atomic E-state index is 12.3. The van der Waals surface area contributed by atoms with Crippen molar-refractivity contribution in [2.24, 2.45) is 5.92 Å². The van der Waals surface area contributed by atoms with E-state index >= 15 is 0 Å². The van der Waals surface area contributed by atoms with Crippen LogP contribution in [-0.4, -0.2) is 37.4 Å². The Morgan fingerprint density at radius 2 is 2.11 bits per heavy atom. The minimum Gasteiger partial charge on any atom is -0.478 e. The van der Waals surface area contributed by atoms with Gasteiger partial charge < -0.3 is 5.11 Å². The van der Waals surface area contributed by atoms with E-state index in [2.05, 4.69) is 15.9 Å². The van der Waals surface area contributed by atoms with Crippen LogP contribution in [0.25, 0.3) is 0 Å². The number of hydrogen-bond acceptors (Lipinski definition) is 3. The first kappa shape index (κ1) is 14.5. The number of rotatable bonds is 5. The number of aromatic carboxylic acids is 1. The molecule has 1 aromatic rings. The van der Waals surface area contributed by atoms with Gasteiger partial charge in [-0.25, -0.2) is 17.5 Å². The summed E-state index contributed by atoms with van der Waals surface area (Å²) in [5.74, 6) is -0.720. The lowest BCUT2D eigenvalue weighted by Crippen LogP contribution is -2.29. The molecule has 5 nitrogen and oxygen atoms in total. The van der Waals surface area contributed by atoms with Crippen molar-refractivity contribution in [3.8, 4) is 0 Å². The molecule has 1 fully saturated rings. The normalized spacial score (nSPS) is 15.7. The first-order chi connectivity index (χ1) is 8.82. The third-order valence-corrected chi connectivity index (χ3v) is 5.60. The van der Waals surface area contributed by atoms with Gasteiger partial charge in [-0.05, 0) is 52.9 Å². The molecule has 1 aliphatic carbocycles. The minimum absolute atomic E-state index is 0.0104. The molecule has 0 aliphatic heterocycles. The van der Waals surface area contributed by atoms with Gasteiger partial charge in [0.2, 0.25) is 10.0 Å². The maximum Gasteiger partial charge on any atom is 0.336 e. The highest BCUT2D eigenvalue weighted by Gasteiger charge is 2.29. The average molecular weight is 348 g/mol. The molecule has 0 amide bonds. The summed E-state index contributed by atoms with van der Waals surface area (Å²) in [6.45, 7) is 0.487. The van der Waals surface area contributed by atoms with Gasteiger partial charge in [0.05, 0.1) is 10.5 Å². The SMILES string of the molecule is CN(CC1CC1)S(=O)(=O)c1ccc(Br)c(C(=O)O)c1. The summed E-state index contributed by atoms with van der Waals surface area (Å²) < 4.78 is 26.3. The Kier molecular flexibility index (Phi) is 3.98. The molecule has 0 atom stereocenters. The van der Waals surface area contributed by atoms with Gasteiger partial charge in [0, 0.05) is 18.1 Å². The highest BCUT2D eigenvalue weighted by Crippen LogP contribution is 2.31. The van der Waals surface area contributed by atoms with Gasteiger partial charge >= 0.3 is 5.97 Å². The van der Waals surface area contributed by atoms with Crippen LogP contribution >= 0.6 is 15.9 Å². The van der Waals surface area contributed by atoms with Crippen molar-refractivity contribution >= 4 is 31.9 Å². The van der Waals surface area contributed by atoms with Crippen LogP contribution in [0.4, 0.5) is 0 Å². The van der Waals surface area contributed by atoms with E-state index in [0.29, 0.717) is 16.9 Å². The molecular weight excluding hydrogens is 334 g/mol. The van der Waals surface area contributed by atoms with Gasteiger partial charge in [-0.1, -0.05) is 0 Å². The van der Waals surface area contributed by atoms with Crippen LogP contribution in [-0.2, 0) is 10.0 Å². The monoisotopic (exact) mass is 347 g/mol. The van der Waals surface area contributed by atoms with Crippen LogP contribution in [0.15, 0.2) is 27.6 Å². The molecule has 0 saturated heterocycles. The number of carboxylic acids is 1. The van der Waals surface area contributed by atoms with E-state index in [-0.39, 0.29) is 10.5 Å². The molecule has 0 heterocycles. The molecule has 0 radical (unpaired) electrons. The van der Waals surface area contributed by atoms with Gasteiger partial charge in [-0.2, -0.15) is 0 Å². The Labute approximate surface area is 120 Å². The fraction of sp³-hybridized carbons (Fsp3) is 0.417. The smallest absolute Gasteiger partial charge is 0.336 e. The van der Waals surface area contributed by atoms with E-state index in [1.807, 2.05) is 0 Å². The summed E-state index contributed by atoms with van der Waals surface area (Å²) in [6.07, 6.45) is 2.11. The molecule has 1 N–H and O–H groups in total. The van der Waals surface area contributed by atoms with Gasteiger partial charge in [0.25, 0.3) is 0 Å². The van der Waals surface area contributed by atoms with Crippen LogP contribution in [0.1, 0.15) is 23.2 Å². The van der Waals surface area contributed by atoms with Crippen LogP contribution in [0.2, 0.25) is 0 Å². The van der Waals surface area contributed by atoms with E-state index in [1.165, 1.54) is 29.6 Å². The number of benzene rings is 1. The standard InChI is InChI=1S/C12H14BrNO4S/c1-14(7-8-2-3-8)19(17,18)9-4-5-11(13)10(6-9)12(15)16/h4-6,8H,2-3,7H2,1H3,(H,15,16). The quantitative estimate of drug-likeness (QED) is 0.885. The Morgan fingerprint density at radius 3 is 2.63 bits per heavy atom. The fourth-order valence-electron chi connectivity index (χ4n) is 1.77. The zero-order valence-electron chi connectivity index (χ0n) is 10.3. The van der Waals surface area contributed by atoms with Crippen molar-refractivity contribution in [1.82, 2.24) is 4.31 Å². The second kappa shape index (κ2) is 5.22. The molecule has 19 heavy (non-hydrogen) atoms. The van der Waals surface area contributed by atoms with Crippen molar-refractivity contribution in [3.05, 3.63) is 28.2 Å². The Hall–Kier alpha value is -0.920. The summed E-state index contributed by atoms with van der Waals surface area (Å²) in [7, 11) is -2.09.